The molecule has 156 valence electrons. The van der Waals surface area contributed by atoms with Gasteiger partial charge in [0.05, 0.1) is 10.6 Å². The first-order chi connectivity index (χ1) is 13.8. The predicted molar refractivity (Wildman–Crippen MR) is 106 cm³/mol. The van der Waals surface area contributed by atoms with Crippen LogP contribution in [0.5, 0.6) is 5.75 Å². The van der Waals surface area contributed by atoms with E-state index in [9.17, 15) is 18.0 Å². The lowest BCUT2D eigenvalue weighted by molar-refractivity contribution is -0.139. The van der Waals surface area contributed by atoms with Gasteiger partial charge in [-0.05, 0) is 36.8 Å². The van der Waals surface area contributed by atoms with Gasteiger partial charge in [0.25, 0.3) is 5.91 Å². The van der Waals surface area contributed by atoms with Crippen molar-refractivity contribution >= 4 is 23.2 Å². The Hall–Kier alpha value is -2.41. The van der Waals surface area contributed by atoms with Crippen LogP contribution in [0.3, 0.4) is 0 Å². The molecule has 0 bridgehead atoms. The van der Waals surface area contributed by atoms with E-state index in [2.05, 4.69) is 0 Å². The molecule has 29 heavy (non-hydrogen) atoms. The molecular formula is C21H22ClF3N2O2. The molecule has 1 aliphatic rings. The summed E-state index contributed by atoms with van der Waals surface area (Å²) in [6, 6.07) is 12.2. The maximum Gasteiger partial charge on any atom is 0.416 e. The van der Waals surface area contributed by atoms with E-state index in [0.717, 1.165) is 12.1 Å². The minimum absolute atomic E-state index is 0.142. The summed E-state index contributed by atoms with van der Waals surface area (Å²) in [6.45, 7) is 3.60. The summed E-state index contributed by atoms with van der Waals surface area (Å²) in [4.78, 5) is 16.4. The maximum absolute atomic E-state index is 12.9. The highest BCUT2D eigenvalue weighted by atomic mass is 35.5. The molecule has 8 heteroatoms. The van der Waals surface area contributed by atoms with E-state index in [1.54, 1.807) is 35.2 Å². The number of anilines is 1. The number of hydrogen-bond acceptors (Lipinski definition) is 3. The van der Waals surface area contributed by atoms with E-state index < -0.39 is 17.8 Å². The molecule has 1 amide bonds. The molecule has 0 radical (unpaired) electrons. The van der Waals surface area contributed by atoms with Gasteiger partial charge in [0.2, 0.25) is 0 Å². The zero-order valence-electron chi connectivity index (χ0n) is 16.0. The number of hydrogen-bond donors (Lipinski definition) is 0. The second-order valence-electron chi connectivity index (χ2n) is 6.81. The van der Waals surface area contributed by atoms with Crippen LogP contribution in [0.2, 0.25) is 5.02 Å². The smallest absolute Gasteiger partial charge is 0.416 e. The first-order valence-electron chi connectivity index (χ1n) is 9.41. The van der Waals surface area contributed by atoms with Crippen LogP contribution in [0.25, 0.3) is 0 Å². The minimum atomic E-state index is -4.38. The minimum Gasteiger partial charge on any atom is -0.479 e. The van der Waals surface area contributed by atoms with Gasteiger partial charge in [-0.25, -0.2) is 0 Å². The Morgan fingerprint density at radius 3 is 2.41 bits per heavy atom. The van der Waals surface area contributed by atoms with Crippen LogP contribution < -0.4 is 9.64 Å². The van der Waals surface area contributed by atoms with Crippen LogP contribution in [-0.4, -0.2) is 43.1 Å². The molecule has 1 saturated heterocycles. The van der Waals surface area contributed by atoms with Gasteiger partial charge in [0.1, 0.15) is 5.75 Å². The quantitative estimate of drug-likeness (QED) is 0.684. The molecule has 0 N–H and O–H groups in total. The third-order valence-corrected chi connectivity index (χ3v) is 5.19. The van der Waals surface area contributed by atoms with E-state index in [1.807, 2.05) is 11.8 Å². The van der Waals surface area contributed by atoms with Gasteiger partial charge >= 0.3 is 6.18 Å². The zero-order chi connectivity index (χ0) is 21.0. The standard InChI is InChI=1S/C21H22ClF3N2O2/c1-2-18(29-19-9-4-3-8-17(19)22)20(28)27-12-10-26(11-13-27)16-7-5-6-15(14-16)21(23,24)25/h3-9,14,18H,2,10-13H2,1H3/t18-/m1/s1. The van der Waals surface area contributed by atoms with Crippen molar-refractivity contribution in [1.29, 1.82) is 0 Å². The Morgan fingerprint density at radius 1 is 1.10 bits per heavy atom. The van der Waals surface area contributed by atoms with Gasteiger partial charge in [-0.15, -0.1) is 0 Å². The van der Waals surface area contributed by atoms with Crippen molar-refractivity contribution in [1.82, 2.24) is 4.90 Å². The number of carbonyl (C=O) groups is 1. The largest absolute Gasteiger partial charge is 0.479 e. The lowest BCUT2D eigenvalue weighted by Crippen LogP contribution is -2.52. The van der Waals surface area contributed by atoms with Crippen molar-refractivity contribution < 1.29 is 22.7 Å². The van der Waals surface area contributed by atoms with Gasteiger partial charge in [-0.3, -0.25) is 4.79 Å². The van der Waals surface area contributed by atoms with E-state index in [1.165, 1.54) is 6.07 Å². The number of halogens is 4. The highest BCUT2D eigenvalue weighted by Crippen LogP contribution is 2.32. The predicted octanol–water partition coefficient (Wildman–Crippen LogP) is 4.87. The second kappa shape index (κ2) is 8.95. The molecule has 1 fully saturated rings. The summed E-state index contributed by atoms with van der Waals surface area (Å²) in [5, 5.41) is 0.438. The highest BCUT2D eigenvalue weighted by Gasteiger charge is 2.32. The lowest BCUT2D eigenvalue weighted by atomic mass is 10.1. The van der Waals surface area contributed by atoms with Gasteiger partial charge in [-0.1, -0.05) is 36.7 Å². The van der Waals surface area contributed by atoms with Crippen LogP contribution in [-0.2, 0) is 11.0 Å². The van der Waals surface area contributed by atoms with Crippen molar-refractivity contribution in [2.75, 3.05) is 31.1 Å². The molecule has 2 aromatic rings. The Balaban J connectivity index is 1.62. The molecule has 1 aliphatic heterocycles. The van der Waals surface area contributed by atoms with Crippen molar-refractivity contribution in [3.63, 3.8) is 0 Å². The molecule has 4 nitrogen and oxygen atoms in total. The summed E-state index contributed by atoms with van der Waals surface area (Å²) in [7, 11) is 0. The van der Waals surface area contributed by atoms with E-state index in [-0.39, 0.29) is 5.91 Å². The van der Waals surface area contributed by atoms with Crippen LogP contribution >= 0.6 is 11.6 Å². The lowest BCUT2D eigenvalue weighted by Gasteiger charge is -2.37. The number of rotatable bonds is 5. The summed E-state index contributed by atoms with van der Waals surface area (Å²) >= 11 is 6.11. The molecule has 0 saturated carbocycles. The fourth-order valence-corrected chi connectivity index (χ4v) is 3.45. The van der Waals surface area contributed by atoms with E-state index >= 15 is 0 Å². The highest BCUT2D eigenvalue weighted by molar-refractivity contribution is 6.32. The summed E-state index contributed by atoms with van der Waals surface area (Å²) in [6.07, 6.45) is -4.55. The maximum atomic E-state index is 12.9. The van der Waals surface area contributed by atoms with Crippen molar-refractivity contribution in [3.8, 4) is 5.75 Å². The number of ether oxygens (including phenoxy) is 1. The summed E-state index contributed by atoms with van der Waals surface area (Å²) < 4.78 is 44.6. The van der Waals surface area contributed by atoms with Crippen LogP contribution in [0, 0.1) is 0 Å². The average Bonchev–Trinajstić information content (AvgIpc) is 2.72. The molecule has 1 atom stereocenters. The van der Waals surface area contributed by atoms with Crippen LogP contribution in [0.4, 0.5) is 18.9 Å². The fourth-order valence-electron chi connectivity index (χ4n) is 3.27. The van der Waals surface area contributed by atoms with Crippen molar-refractivity contribution in [3.05, 3.63) is 59.1 Å². The molecule has 0 aromatic heterocycles. The van der Waals surface area contributed by atoms with E-state index in [4.69, 9.17) is 16.3 Å². The van der Waals surface area contributed by atoms with Crippen molar-refractivity contribution in [2.24, 2.45) is 0 Å². The Bertz CT molecular complexity index is 852. The first kappa shape index (κ1) is 21.3. The van der Waals surface area contributed by atoms with Gasteiger partial charge in [0.15, 0.2) is 6.10 Å². The first-order valence-corrected chi connectivity index (χ1v) is 9.79. The molecule has 3 rings (SSSR count). The van der Waals surface area contributed by atoms with E-state index in [0.29, 0.717) is 49.1 Å². The number of amides is 1. The molecule has 0 unspecified atom stereocenters. The van der Waals surface area contributed by atoms with Crippen LogP contribution in [0.15, 0.2) is 48.5 Å². The molecule has 0 spiro atoms. The Labute approximate surface area is 172 Å². The number of nitrogens with zero attached hydrogens (tertiary/aromatic N) is 2. The number of benzene rings is 2. The summed E-state index contributed by atoms with van der Waals surface area (Å²) in [5.74, 6) is 0.313. The molecule has 2 aromatic carbocycles. The third-order valence-electron chi connectivity index (χ3n) is 4.88. The fraction of sp³-hybridized carbons (Fsp3) is 0.381. The third kappa shape index (κ3) is 5.15. The number of alkyl halides is 3. The Morgan fingerprint density at radius 2 is 1.79 bits per heavy atom. The topological polar surface area (TPSA) is 32.8 Å². The molecule has 1 heterocycles. The zero-order valence-corrected chi connectivity index (χ0v) is 16.7. The molecule has 0 aliphatic carbocycles. The number of piperazine rings is 1. The number of carbonyl (C=O) groups excluding carboxylic acids is 1. The van der Waals surface area contributed by atoms with Gasteiger partial charge in [-0.2, -0.15) is 13.2 Å². The van der Waals surface area contributed by atoms with Crippen molar-refractivity contribution in [2.45, 2.75) is 25.6 Å². The second-order valence-corrected chi connectivity index (χ2v) is 7.21. The monoisotopic (exact) mass is 426 g/mol. The van der Waals surface area contributed by atoms with Gasteiger partial charge < -0.3 is 14.5 Å². The van der Waals surface area contributed by atoms with Crippen LogP contribution in [0.1, 0.15) is 18.9 Å². The number of para-hydroxylation sites is 1. The van der Waals surface area contributed by atoms with Gasteiger partial charge in [0, 0.05) is 31.9 Å². The summed E-state index contributed by atoms with van der Waals surface area (Å²) in [5.41, 5.74) is -0.168. The molecular weight excluding hydrogens is 405 g/mol. The SMILES string of the molecule is CC[C@@H](Oc1ccccc1Cl)C(=O)N1CCN(c2cccc(C(F)(F)F)c2)CC1. The average molecular weight is 427 g/mol. The normalized spacial score (nSPS) is 15.9. The Kier molecular flexibility index (Phi) is 6.57.